The second-order valence-corrected chi connectivity index (χ2v) is 5.88. The van der Waals surface area contributed by atoms with Crippen molar-refractivity contribution in [1.82, 2.24) is 15.2 Å². The van der Waals surface area contributed by atoms with Crippen molar-refractivity contribution in [3.8, 4) is 0 Å². The molecule has 1 atom stereocenters. The summed E-state index contributed by atoms with van der Waals surface area (Å²) in [7, 11) is 0. The third kappa shape index (κ3) is 4.88. The summed E-state index contributed by atoms with van der Waals surface area (Å²) < 4.78 is 0. The van der Waals surface area contributed by atoms with Gasteiger partial charge in [0.05, 0.1) is 11.4 Å². The molecule has 1 aliphatic rings. The Bertz CT molecular complexity index is 392. The number of nitrogens with one attached hydrogen (secondary N) is 1. The molecular weight excluding hydrogens is 246 g/mol. The van der Waals surface area contributed by atoms with Crippen LogP contribution in [0.15, 0.2) is 18.2 Å². The molecule has 1 aromatic rings. The van der Waals surface area contributed by atoms with Gasteiger partial charge in [-0.25, -0.2) is 0 Å². The van der Waals surface area contributed by atoms with Gasteiger partial charge in [-0.1, -0.05) is 26.3 Å². The second kappa shape index (κ2) is 8.38. The van der Waals surface area contributed by atoms with Crippen LogP contribution in [0, 0.1) is 5.92 Å². The van der Waals surface area contributed by atoms with E-state index in [2.05, 4.69) is 42.3 Å². The molecule has 3 heteroatoms. The molecule has 2 heterocycles. The first-order chi connectivity index (χ1) is 9.81. The highest BCUT2D eigenvalue weighted by Crippen LogP contribution is 2.21. The molecule has 0 spiro atoms. The summed E-state index contributed by atoms with van der Waals surface area (Å²) in [6.45, 7) is 9.81. The van der Waals surface area contributed by atoms with Crippen molar-refractivity contribution in [2.75, 3.05) is 19.6 Å². The monoisotopic (exact) mass is 275 g/mol. The molecular formula is C17H29N3. The summed E-state index contributed by atoms with van der Waals surface area (Å²) in [5.74, 6) is 0.938. The fourth-order valence-corrected chi connectivity index (χ4v) is 2.99. The molecule has 20 heavy (non-hydrogen) atoms. The summed E-state index contributed by atoms with van der Waals surface area (Å²) in [6.07, 6.45) is 5.44. The molecule has 0 amide bonds. The minimum Gasteiger partial charge on any atom is -0.311 e. The lowest BCUT2D eigenvalue weighted by molar-refractivity contribution is 0.268. The van der Waals surface area contributed by atoms with E-state index in [1.54, 1.807) is 0 Å². The molecule has 1 unspecified atom stereocenters. The summed E-state index contributed by atoms with van der Waals surface area (Å²) in [4.78, 5) is 7.35. The highest BCUT2D eigenvalue weighted by molar-refractivity contribution is 5.11. The third-order valence-corrected chi connectivity index (χ3v) is 4.32. The van der Waals surface area contributed by atoms with E-state index >= 15 is 0 Å². The van der Waals surface area contributed by atoms with Gasteiger partial charge >= 0.3 is 0 Å². The lowest BCUT2D eigenvalue weighted by Crippen LogP contribution is -2.25. The van der Waals surface area contributed by atoms with Gasteiger partial charge in [0.25, 0.3) is 0 Å². The van der Waals surface area contributed by atoms with Gasteiger partial charge in [0, 0.05) is 13.1 Å². The molecule has 3 nitrogen and oxygen atoms in total. The standard InChI is InChI=1S/C17H29N3/c1-3-15-7-6-11-20(12-10-15)14-17-9-5-8-16(19-17)13-18-4-2/h5,8-9,15,18H,3-4,6-7,10-14H2,1-2H3. The first kappa shape index (κ1) is 15.5. The van der Waals surface area contributed by atoms with Crippen molar-refractivity contribution in [2.24, 2.45) is 5.92 Å². The number of likely N-dealkylation sites (tertiary alicyclic amines) is 1. The van der Waals surface area contributed by atoms with Crippen molar-refractivity contribution >= 4 is 0 Å². The predicted molar refractivity (Wildman–Crippen MR) is 84.5 cm³/mol. The maximum atomic E-state index is 4.77. The molecule has 0 radical (unpaired) electrons. The third-order valence-electron chi connectivity index (χ3n) is 4.32. The molecule has 0 aliphatic carbocycles. The maximum Gasteiger partial charge on any atom is 0.0547 e. The number of pyridine rings is 1. The zero-order valence-corrected chi connectivity index (χ0v) is 13.1. The van der Waals surface area contributed by atoms with Gasteiger partial charge < -0.3 is 5.32 Å². The zero-order valence-electron chi connectivity index (χ0n) is 13.1. The predicted octanol–water partition coefficient (Wildman–Crippen LogP) is 3.20. The van der Waals surface area contributed by atoms with Gasteiger partial charge in [-0.15, -0.1) is 0 Å². The number of hydrogen-bond acceptors (Lipinski definition) is 3. The Balaban J connectivity index is 1.88. The van der Waals surface area contributed by atoms with E-state index < -0.39 is 0 Å². The van der Waals surface area contributed by atoms with E-state index in [0.29, 0.717) is 0 Å². The van der Waals surface area contributed by atoms with E-state index in [1.165, 1.54) is 44.5 Å². The average molecular weight is 275 g/mol. The van der Waals surface area contributed by atoms with Gasteiger partial charge in [-0.05, 0) is 56.9 Å². The number of aromatic nitrogens is 1. The van der Waals surface area contributed by atoms with Gasteiger partial charge in [0.15, 0.2) is 0 Å². The van der Waals surface area contributed by atoms with E-state index in [-0.39, 0.29) is 0 Å². The van der Waals surface area contributed by atoms with Crippen LogP contribution in [-0.4, -0.2) is 29.5 Å². The Hall–Kier alpha value is -0.930. The van der Waals surface area contributed by atoms with Gasteiger partial charge in [-0.3, -0.25) is 9.88 Å². The molecule has 0 aromatic carbocycles. The molecule has 1 aromatic heterocycles. The Morgan fingerprint density at radius 1 is 1.20 bits per heavy atom. The maximum absolute atomic E-state index is 4.77. The Morgan fingerprint density at radius 3 is 2.85 bits per heavy atom. The molecule has 1 saturated heterocycles. The van der Waals surface area contributed by atoms with Gasteiger partial charge in [-0.2, -0.15) is 0 Å². The minimum atomic E-state index is 0.877. The van der Waals surface area contributed by atoms with Crippen LogP contribution in [0.3, 0.4) is 0 Å². The largest absolute Gasteiger partial charge is 0.311 e. The molecule has 1 aliphatic heterocycles. The zero-order chi connectivity index (χ0) is 14.2. The lowest BCUT2D eigenvalue weighted by Gasteiger charge is -2.20. The van der Waals surface area contributed by atoms with Crippen LogP contribution in [0.4, 0.5) is 0 Å². The Kier molecular flexibility index (Phi) is 6.48. The molecule has 1 N–H and O–H groups in total. The Labute approximate surface area is 123 Å². The van der Waals surface area contributed by atoms with Crippen molar-refractivity contribution in [3.63, 3.8) is 0 Å². The fraction of sp³-hybridized carbons (Fsp3) is 0.706. The van der Waals surface area contributed by atoms with Crippen LogP contribution in [0.25, 0.3) is 0 Å². The Morgan fingerprint density at radius 2 is 2.05 bits per heavy atom. The summed E-state index contributed by atoms with van der Waals surface area (Å²) >= 11 is 0. The van der Waals surface area contributed by atoms with Gasteiger partial charge in [0.1, 0.15) is 0 Å². The minimum absolute atomic E-state index is 0.877. The molecule has 1 fully saturated rings. The average Bonchev–Trinajstić information content (AvgIpc) is 2.71. The first-order valence-corrected chi connectivity index (χ1v) is 8.19. The summed E-state index contributed by atoms with van der Waals surface area (Å²) in [5.41, 5.74) is 2.38. The van der Waals surface area contributed by atoms with E-state index in [9.17, 15) is 0 Å². The van der Waals surface area contributed by atoms with Crippen LogP contribution >= 0.6 is 0 Å². The number of rotatable bonds is 6. The first-order valence-electron chi connectivity index (χ1n) is 8.19. The highest BCUT2D eigenvalue weighted by atomic mass is 15.1. The van der Waals surface area contributed by atoms with E-state index in [1.807, 2.05) is 0 Å². The van der Waals surface area contributed by atoms with Crippen molar-refractivity contribution in [2.45, 2.75) is 52.6 Å². The number of nitrogens with zero attached hydrogens (tertiary/aromatic N) is 2. The molecule has 0 saturated carbocycles. The van der Waals surface area contributed by atoms with Crippen LogP contribution in [0.2, 0.25) is 0 Å². The quantitative estimate of drug-likeness (QED) is 0.864. The molecule has 112 valence electrons. The second-order valence-electron chi connectivity index (χ2n) is 5.88. The number of hydrogen-bond donors (Lipinski definition) is 1. The van der Waals surface area contributed by atoms with E-state index in [4.69, 9.17) is 4.98 Å². The summed E-state index contributed by atoms with van der Waals surface area (Å²) in [6, 6.07) is 6.42. The summed E-state index contributed by atoms with van der Waals surface area (Å²) in [5, 5.41) is 3.34. The van der Waals surface area contributed by atoms with Crippen molar-refractivity contribution in [1.29, 1.82) is 0 Å². The normalized spacial score (nSPS) is 20.8. The topological polar surface area (TPSA) is 28.2 Å². The van der Waals surface area contributed by atoms with E-state index in [0.717, 1.165) is 31.2 Å². The van der Waals surface area contributed by atoms with Gasteiger partial charge in [0.2, 0.25) is 0 Å². The van der Waals surface area contributed by atoms with Crippen LogP contribution < -0.4 is 5.32 Å². The molecule has 0 bridgehead atoms. The lowest BCUT2D eigenvalue weighted by atomic mass is 9.98. The smallest absolute Gasteiger partial charge is 0.0547 e. The van der Waals surface area contributed by atoms with Crippen LogP contribution in [0.5, 0.6) is 0 Å². The van der Waals surface area contributed by atoms with Crippen molar-refractivity contribution < 1.29 is 0 Å². The van der Waals surface area contributed by atoms with Crippen LogP contribution in [-0.2, 0) is 13.1 Å². The highest BCUT2D eigenvalue weighted by Gasteiger charge is 2.16. The fourth-order valence-electron chi connectivity index (χ4n) is 2.99. The molecule has 2 rings (SSSR count). The SMILES string of the molecule is CCNCc1cccc(CN2CCCC(CC)CC2)n1. The van der Waals surface area contributed by atoms with Crippen molar-refractivity contribution in [3.05, 3.63) is 29.6 Å². The van der Waals surface area contributed by atoms with Crippen LogP contribution in [0.1, 0.15) is 50.9 Å².